The van der Waals surface area contributed by atoms with Crippen LogP contribution in [0.15, 0.2) is 0 Å². The second-order valence-electron chi connectivity index (χ2n) is 3.30. The van der Waals surface area contributed by atoms with Gasteiger partial charge in [-0.1, -0.05) is 6.92 Å². The van der Waals surface area contributed by atoms with Crippen molar-refractivity contribution in [2.75, 3.05) is 6.54 Å². The lowest BCUT2D eigenvalue weighted by atomic mass is 9.98. The summed E-state index contributed by atoms with van der Waals surface area (Å²) in [4.78, 5) is 11.0. The van der Waals surface area contributed by atoms with Crippen LogP contribution in [-0.2, 0) is 4.79 Å². The molecule has 0 aromatic rings. The molecule has 0 aliphatic carbocycles. The van der Waals surface area contributed by atoms with E-state index in [2.05, 4.69) is 6.92 Å². The first kappa shape index (κ1) is 8.53. The molecule has 1 rings (SSSR count). The molecule has 1 N–H and O–H groups in total. The Morgan fingerprint density at radius 1 is 1.55 bits per heavy atom. The molecule has 0 aromatic carbocycles. The lowest BCUT2D eigenvalue weighted by Gasteiger charge is -2.20. The zero-order valence-corrected chi connectivity index (χ0v) is 6.92. The molecule has 3 heteroatoms. The normalized spacial score (nSPS) is 28.0. The van der Waals surface area contributed by atoms with Crippen molar-refractivity contribution in [3.8, 4) is 0 Å². The highest BCUT2D eigenvalue weighted by atomic mass is 16.5. The van der Waals surface area contributed by atoms with Crippen LogP contribution >= 0.6 is 0 Å². The smallest absolute Gasteiger partial charge is 0.245 e. The average Bonchev–Trinajstić information content (AvgIpc) is 1.98. The summed E-state index contributed by atoms with van der Waals surface area (Å²) in [5, 5.41) is 9.91. The predicted molar refractivity (Wildman–Crippen MR) is 41.1 cm³/mol. The van der Waals surface area contributed by atoms with Gasteiger partial charge < -0.3 is 0 Å². The first-order valence-electron chi connectivity index (χ1n) is 4.19. The third-order valence-corrected chi connectivity index (χ3v) is 2.21. The Kier molecular flexibility index (Phi) is 2.88. The quantitative estimate of drug-likeness (QED) is 0.540. The second kappa shape index (κ2) is 3.72. The van der Waals surface area contributed by atoms with Crippen LogP contribution in [0.5, 0.6) is 0 Å². The van der Waals surface area contributed by atoms with Crippen molar-refractivity contribution in [2.45, 2.75) is 32.6 Å². The number of amides is 1. The van der Waals surface area contributed by atoms with Crippen LogP contribution in [0.25, 0.3) is 0 Å². The molecule has 1 amide bonds. The topological polar surface area (TPSA) is 40.5 Å². The maximum atomic E-state index is 11.0. The number of hydrogen-bond acceptors (Lipinski definition) is 2. The maximum absolute atomic E-state index is 11.0. The molecule has 0 aromatic heterocycles. The minimum atomic E-state index is -0.128. The standard InChI is InChI=1S/C8H15NO2/c1-7-3-2-6-9(11)8(10)5-4-7/h7,11H,2-6H2,1H3. The van der Waals surface area contributed by atoms with E-state index in [4.69, 9.17) is 5.21 Å². The zero-order chi connectivity index (χ0) is 8.27. The summed E-state index contributed by atoms with van der Waals surface area (Å²) >= 11 is 0. The molecule has 0 saturated carbocycles. The van der Waals surface area contributed by atoms with E-state index in [0.29, 0.717) is 18.9 Å². The van der Waals surface area contributed by atoms with Gasteiger partial charge in [0.25, 0.3) is 0 Å². The molecule has 1 atom stereocenters. The van der Waals surface area contributed by atoms with Crippen molar-refractivity contribution < 1.29 is 10.0 Å². The van der Waals surface area contributed by atoms with E-state index in [9.17, 15) is 4.79 Å². The van der Waals surface area contributed by atoms with E-state index in [1.165, 1.54) is 0 Å². The van der Waals surface area contributed by atoms with Crippen molar-refractivity contribution in [1.82, 2.24) is 5.06 Å². The largest absolute Gasteiger partial charge is 0.286 e. The molecular formula is C8H15NO2. The van der Waals surface area contributed by atoms with Crippen LogP contribution < -0.4 is 0 Å². The number of carbonyl (C=O) groups is 1. The Labute approximate surface area is 67.0 Å². The van der Waals surface area contributed by atoms with E-state index in [1.54, 1.807) is 0 Å². The minimum Gasteiger partial charge on any atom is -0.286 e. The van der Waals surface area contributed by atoms with Gasteiger partial charge in [-0.25, -0.2) is 5.06 Å². The molecule has 0 spiro atoms. The lowest BCUT2D eigenvalue weighted by molar-refractivity contribution is -0.167. The average molecular weight is 157 g/mol. The Balaban J connectivity index is 2.41. The fourth-order valence-corrected chi connectivity index (χ4v) is 1.36. The van der Waals surface area contributed by atoms with E-state index in [0.717, 1.165) is 24.3 Å². The van der Waals surface area contributed by atoms with Crippen LogP contribution in [0.2, 0.25) is 0 Å². The lowest BCUT2D eigenvalue weighted by Crippen LogP contribution is -2.30. The fraction of sp³-hybridized carbons (Fsp3) is 0.875. The first-order valence-corrected chi connectivity index (χ1v) is 4.19. The summed E-state index contributed by atoms with van der Waals surface area (Å²) in [6.45, 7) is 2.66. The second-order valence-corrected chi connectivity index (χ2v) is 3.30. The number of hydroxylamine groups is 2. The first-order chi connectivity index (χ1) is 5.20. The Bertz CT molecular complexity index is 147. The zero-order valence-electron chi connectivity index (χ0n) is 6.92. The van der Waals surface area contributed by atoms with Gasteiger partial charge in [0, 0.05) is 13.0 Å². The van der Waals surface area contributed by atoms with Crippen molar-refractivity contribution in [1.29, 1.82) is 0 Å². The van der Waals surface area contributed by atoms with E-state index < -0.39 is 0 Å². The summed E-state index contributed by atoms with van der Waals surface area (Å²) in [6.07, 6.45) is 3.45. The van der Waals surface area contributed by atoms with Gasteiger partial charge in [0.05, 0.1) is 0 Å². The fourth-order valence-electron chi connectivity index (χ4n) is 1.36. The summed E-state index contributed by atoms with van der Waals surface area (Å²) in [5.74, 6) is 0.504. The van der Waals surface area contributed by atoms with Gasteiger partial charge in [-0.15, -0.1) is 0 Å². The number of hydrogen-bond donors (Lipinski definition) is 1. The van der Waals surface area contributed by atoms with Gasteiger partial charge >= 0.3 is 0 Å². The van der Waals surface area contributed by atoms with Crippen molar-refractivity contribution in [3.63, 3.8) is 0 Å². The van der Waals surface area contributed by atoms with Crippen molar-refractivity contribution in [3.05, 3.63) is 0 Å². The van der Waals surface area contributed by atoms with Crippen LogP contribution in [0.4, 0.5) is 0 Å². The molecule has 64 valence electrons. The van der Waals surface area contributed by atoms with Crippen molar-refractivity contribution >= 4 is 5.91 Å². The van der Waals surface area contributed by atoms with Crippen LogP contribution in [0.3, 0.4) is 0 Å². The predicted octanol–water partition coefficient (Wildman–Crippen LogP) is 1.41. The molecule has 1 fully saturated rings. The molecule has 11 heavy (non-hydrogen) atoms. The van der Waals surface area contributed by atoms with Gasteiger partial charge in [-0.3, -0.25) is 10.0 Å². The van der Waals surface area contributed by atoms with Gasteiger partial charge in [0.2, 0.25) is 5.91 Å². The van der Waals surface area contributed by atoms with Crippen molar-refractivity contribution in [2.24, 2.45) is 5.92 Å². The minimum absolute atomic E-state index is 0.128. The molecule has 3 nitrogen and oxygen atoms in total. The van der Waals surface area contributed by atoms with Gasteiger partial charge in [0.15, 0.2) is 0 Å². The number of carbonyl (C=O) groups excluding carboxylic acids is 1. The van der Waals surface area contributed by atoms with E-state index in [1.807, 2.05) is 0 Å². The highest BCUT2D eigenvalue weighted by Gasteiger charge is 2.15. The van der Waals surface area contributed by atoms with E-state index in [-0.39, 0.29) is 5.91 Å². The molecule has 1 aliphatic rings. The maximum Gasteiger partial charge on any atom is 0.245 e. The van der Waals surface area contributed by atoms with Gasteiger partial charge in [0.1, 0.15) is 0 Å². The summed E-state index contributed by atoms with van der Waals surface area (Å²) in [6, 6.07) is 0. The molecular weight excluding hydrogens is 142 g/mol. The number of nitrogens with zero attached hydrogens (tertiary/aromatic N) is 1. The Morgan fingerprint density at radius 2 is 2.27 bits per heavy atom. The third-order valence-electron chi connectivity index (χ3n) is 2.21. The molecule has 0 bridgehead atoms. The van der Waals surface area contributed by atoms with E-state index >= 15 is 0 Å². The Hall–Kier alpha value is -0.570. The summed E-state index contributed by atoms with van der Waals surface area (Å²) in [7, 11) is 0. The molecule has 1 heterocycles. The van der Waals surface area contributed by atoms with Crippen LogP contribution in [0, 0.1) is 5.92 Å². The monoisotopic (exact) mass is 157 g/mol. The van der Waals surface area contributed by atoms with Crippen LogP contribution in [-0.4, -0.2) is 22.7 Å². The Morgan fingerprint density at radius 3 is 3.00 bits per heavy atom. The van der Waals surface area contributed by atoms with Gasteiger partial charge in [-0.2, -0.15) is 0 Å². The van der Waals surface area contributed by atoms with Crippen LogP contribution in [0.1, 0.15) is 32.6 Å². The molecule has 1 saturated heterocycles. The summed E-state index contributed by atoms with van der Waals surface area (Å²) < 4.78 is 0. The molecule has 1 aliphatic heterocycles. The SMILES string of the molecule is CC1CCCN(O)C(=O)CC1. The highest BCUT2D eigenvalue weighted by Crippen LogP contribution is 2.16. The highest BCUT2D eigenvalue weighted by molar-refractivity contribution is 5.74. The third kappa shape index (κ3) is 2.50. The summed E-state index contributed by atoms with van der Waals surface area (Å²) in [5.41, 5.74) is 0. The molecule has 0 radical (unpaired) electrons. The molecule has 1 unspecified atom stereocenters. The van der Waals surface area contributed by atoms with Gasteiger partial charge in [-0.05, 0) is 25.2 Å². The number of rotatable bonds is 0.